The maximum Gasteiger partial charge on any atom is 0.250 e. The lowest BCUT2D eigenvalue weighted by molar-refractivity contribution is 0.100. The van der Waals surface area contributed by atoms with Gasteiger partial charge in [-0.15, -0.1) is 0 Å². The van der Waals surface area contributed by atoms with Crippen molar-refractivity contribution in [3.8, 4) is 0 Å². The smallest absolute Gasteiger partial charge is 0.250 e. The Kier molecular flexibility index (Phi) is 4.27. The molecule has 0 spiro atoms. The van der Waals surface area contributed by atoms with Crippen molar-refractivity contribution in [2.45, 2.75) is 25.8 Å². The van der Waals surface area contributed by atoms with Crippen molar-refractivity contribution in [2.75, 3.05) is 30.7 Å². The quantitative estimate of drug-likeness (QED) is 0.713. The first-order valence-electron chi connectivity index (χ1n) is 6.78. The molecular formula is C14H22N4O. The molecule has 1 aliphatic heterocycles. The number of hydrogen-bond donors (Lipinski definition) is 3. The zero-order valence-electron chi connectivity index (χ0n) is 11.4. The lowest BCUT2D eigenvalue weighted by Crippen LogP contribution is -2.42. The maximum absolute atomic E-state index is 11.5. The first-order chi connectivity index (χ1) is 9.10. The summed E-state index contributed by atoms with van der Waals surface area (Å²) in [6, 6.07) is 5.61. The van der Waals surface area contributed by atoms with E-state index in [4.69, 9.17) is 11.5 Å². The number of carbonyl (C=O) groups excluding carboxylic acids is 1. The highest BCUT2D eigenvalue weighted by Gasteiger charge is 2.20. The molecule has 1 unspecified atom stereocenters. The summed E-state index contributed by atoms with van der Waals surface area (Å²) in [5.41, 5.74) is 12.9. The molecule has 1 aliphatic rings. The van der Waals surface area contributed by atoms with Crippen LogP contribution in [0.3, 0.4) is 0 Å². The van der Waals surface area contributed by atoms with Gasteiger partial charge in [-0.3, -0.25) is 4.79 Å². The van der Waals surface area contributed by atoms with Crippen LogP contribution >= 0.6 is 0 Å². The second kappa shape index (κ2) is 5.93. The molecule has 0 radical (unpaired) electrons. The summed E-state index contributed by atoms with van der Waals surface area (Å²) in [5.74, 6) is -0.446. The molecule has 1 heterocycles. The summed E-state index contributed by atoms with van der Waals surface area (Å²) < 4.78 is 0. The van der Waals surface area contributed by atoms with E-state index in [1.54, 1.807) is 12.1 Å². The Morgan fingerprint density at radius 2 is 2.32 bits per heavy atom. The molecule has 5 nitrogen and oxygen atoms in total. The average Bonchev–Trinajstić information content (AvgIpc) is 2.41. The summed E-state index contributed by atoms with van der Waals surface area (Å²) in [6.07, 6.45) is 2.28. The highest BCUT2D eigenvalue weighted by Crippen LogP contribution is 2.22. The van der Waals surface area contributed by atoms with Gasteiger partial charge in [0.05, 0.1) is 5.56 Å². The fourth-order valence-corrected chi connectivity index (χ4v) is 2.57. The monoisotopic (exact) mass is 262 g/mol. The lowest BCUT2D eigenvalue weighted by Gasteiger charge is -2.33. The summed E-state index contributed by atoms with van der Waals surface area (Å²) >= 11 is 0. The summed E-state index contributed by atoms with van der Waals surface area (Å²) in [7, 11) is 0. The van der Waals surface area contributed by atoms with E-state index in [9.17, 15) is 4.79 Å². The van der Waals surface area contributed by atoms with Crippen LogP contribution in [0.2, 0.25) is 0 Å². The number of likely N-dealkylation sites (N-methyl/N-ethyl adjacent to an activating group) is 1. The third-order valence-corrected chi connectivity index (χ3v) is 3.62. The van der Waals surface area contributed by atoms with Gasteiger partial charge in [-0.25, -0.2) is 0 Å². The van der Waals surface area contributed by atoms with E-state index in [2.05, 4.69) is 17.1 Å². The molecule has 1 saturated heterocycles. The number of nitrogens with zero attached hydrogens (tertiary/aromatic N) is 1. The molecule has 0 aliphatic carbocycles. The van der Waals surface area contributed by atoms with E-state index in [1.165, 1.54) is 6.42 Å². The average molecular weight is 262 g/mol. The highest BCUT2D eigenvalue weighted by molar-refractivity contribution is 5.99. The zero-order chi connectivity index (χ0) is 13.8. The largest absolute Gasteiger partial charge is 0.399 e. The van der Waals surface area contributed by atoms with Crippen LogP contribution in [-0.2, 0) is 0 Å². The van der Waals surface area contributed by atoms with Crippen molar-refractivity contribution >= 4 is 17.3 Å². The SMILES string of the molecule is CCN1CCCC(Nc2ccc(N)cc2C(N)=O)C1. The fraction of sp³-hybridized carbons (Fsp3) is 0.500. The summed E-state index contributed by atoms with van der Waals surface area (Å²) in [5, 5.41) is 3.42. The molecule has 0 saturated carbocycles. The van der Waals surface area contributed by atoms with Crippen molar-refractivity contribution < 1.29 is 4.79 Å². The van der Waals surface area contributed by atoms with Crippen molar-refractivity contribution in [3.63, 3.8) is 0 Å². The topological polar surface area (TPSA) is 84.4 Å². The molecule has 0 aromatic heterocycles. The first kappa shape index (κ1) is 13.7. The Labute approximate surface area is 113 Å². The molecule has 2 rings (SSSR count). The number of amides is 1. The fourth-order valence-electron chi connectivity index (χ4n) is 2.57. The number of carbonyl (C=O) groups is 1. The number of primary amides is 1. The Balaban J connectivity index is 2.12. The lowest BCUT2D eigenvalue weighted by atomic mass is 10.0. The number of likely N-dealkylation sites (tertiary alicyclic amines) is 1. The van der Waals surface area contributed by atoms with Crippen LogP contribution in [0.5, 0.6) is 0 Å². The molecule has 104 valence electrons. The molecule has 1 atom stereocenters. The minimum atomic E-state index is -0.446. The Bertz CT molecular complexity index is 461. The van der Waals surface area contributed by atoms with Crippen LogP contribution in [0.15, 0.2) is 18.2 Å². The van der Waals surface area contributed by atoms with E-state index in [-0.39, 0.29) is 0 Å². The highest BCUT2D eigenvalue weighted by atomic mass is 16.1. The van der Waals surface area contributed by atoms with Gasteiger partial charge in [-0.2, -0.15) is 0 Å². The molecule has 19 heavy (non-hydrogen) atoms. The number of hydrogen-bond acceptors (Lipinski definition) is 4. The second-order valence-corrected chi connectivity index (χ2v) is 5.05. The Morgan fingerprint density at radius 3 is 3.00 bits per heavy atom. The standard InChI is InChI=1S/C14H22N4O/c1-2-18-7-3-4-11(9-18)17-13-6-5-10(15)8-12(13)14(16)19/h5-6,8,11,17H,2-4,7,9,15H2,1H3,(H2,16,19). The minimum Gasteiger partial charge on any atom is -0.399 e. The van der Waals surface area contributed by atoms with Crippen molar-refractivity contribution in [1.29, 1.82) is 0 Å². The van der Waals surface area contributed by atoms with Crippen LogP contribution in [0.25, 0.3) is 0 Å². The van der Waals surface area contributed by atoms with Crippen LogP contribution in [-0.4, -0.2) is 36.5 Å². The molecule has 1 fully saturated rings. The number of rotatable bonds is 4. The van der Waals surface area contributed by atoms with Gasteiger partial charge in [-0.05, 0) is 44.1 Å². The number of nitrogen functional groups attached to an aromatic ring is 1. The third-order valence-electron chi connectivity index (χ3n) is 3.62. The molecule has 1 aromatic rings. The van der Waals surface area contributed by atoms with Crippen molar-refractivity contribution in [1.82, 2.24) is 4.90 Å². The van der Waals surface area contributed by atoms with Crippen molar-refractivity contribution in [2.24, 2.45) is 5.73 Å². The first-order valence-corrected chi connectivity index (χ1v) is 6.78. The van der Waals surface area contributed by atoms with Crippen LogP contribution < -0.4 is 16.8 Å². The number of benzene rings is 1. The Hall–Kier alpha value is -1.75. The predicted molar refractivity (Wildman–Crippen MR) is 78.1 cm³/mol. The van der Waals surface area contributed by atoms with Crippen molar-refractivity contribution in [3.05, 3.63) is 23.8 Å². The van der Waals surface area contributed by atoms with E-state index in [0.717, 1.165) is 31.7 Å². The van der Waals surface area contributed by atoms with Gasteiger partial charge in [0.15, 0.2) is 0 Å². The second-order valence-electron chi connectivity index (χ2n) is 5.05. The minimum absolute atomic E-state index is 0.357. The number of piperidine rings is 1. The third kappa shape index (κ3) is 3.38. The van der Waals surface area contributed by atoms with Gasteiger partial charge in [0.25, 0.3) is 5.91 Å². The van der Waals surface area contributed by atoms with Gasteiger partial charge in [-0.1, -0.05) is 6.92 Å². The van der Waals surface area contributed by atoms with Crippen LogP contribution in [0.1, 0.15) is 30.1 Å². The summed E-state index contributed by atoms with van der Waals surface area (Å²) in [4.78, 5) is 13.9. The number of anilines is 2. The van der Waals surface area contributed by atoms with E-state index < -0.39 is 5.91 Å². The van der Waals surface area contributed by atoms with Crippen LogP contribution in [0.4, 0.5) is 11.4 Å². The molecular weight excluding hydrogens is 240 g/mol. The maximum atomic E-state index is 11.5. The van der Waals surface area contributed by atoms with Crippen LogP contribution in [0, 0.1) is 0 Å². The Morgan fingerprint density at radius 1 is 1.53 bits per heavy atom. The van der Waals surface area contributed by atoms with E-state index >= 15 is 0 Å². The van der Waals surface area contributed by atoms with Gasteiger partial charge >= 0.3 is 0 Å². The normalized spacial score (nSPS) is 20.2. The molecule has 5 N–H and O–H groups in total. The predicted octanol–water partition coefficient (Wildman–Crippen LogP) is 1.26. The van der Waals surface area contributed by atoms with Gasteiger partial charge in [0.1, 0.15) is 0 Å². The van der Waals surface area contributed by atoms with Gasteiger partial charge in [0.2, 0.25) is 0 Å². The number of nitrogens with two attached hydrogens (primary N) is 2. The van der Waals surface area contributed by atoms with E-state index in [0.29, 0.717) is 17.3 Å². The number of nitrogens with one attached hydrogen (secondary N) is 1. The van der Waals surface area contributed by atoms with Gasteiger partial charge in [0, 0.05) is 24.0 Å². The van der Waals surface area contributed by atoms with E-state index in [1.807, 2.05) is 6.07 Å². The zero-order valence-corrected chi connectivity index (χ0v) is 11.4. The summed E-state index contributed by atoms with van der Waals surface area (Å²) in [6.45, 7) is 5.38. The molecule has 1 aromatic carbocycles. The molecule has 5 heteroatoms. The van der Waals surface area contributed by atoms with Gasteiger partial charge < -0.3 is 21.7 Å². The molecule has 1 amide bonds. The molecule has 0 bridgehead atoms.